The van der Waals surface area contributed by atoms with Gasteiger partial charge in [-0.2, -0.15) is 5.10 Å². The predicted molar refractivity (Wildman–Crippen MR) is 103 cm³/mol. The van der Waals surface area contributed by atoms with Gasteiger partial charge in [-0.05, 0) is 12.5 Å². The van der Waals surface area contributed by atoms with Crippen LogP contribution in [-0.2, 0) is 14.9 Å². The fourth-order valence-electron chi connectivity index (χ4n) is 3.73. The van der Waals surface area contributed by atoms with E-state index in [4.69, 9.17) is 4.74 Å². The summed E-state index contributed by atoms with van der Waals surface area (Å²) in [5.74, 6) is 0.173. The molecule has 0 saturated carbocycles. The van der Waals surface area contributed by atoms with Crippen molar-refractivity contribution in [2.75, 3.05) is 31.1 Å². The highest BCUT2D eigenvalue weighted by molar-refractivity contribution is 5.89. The molecule has 4 rings (SSSR count). The van der Waals surface area contributed by atoms with E-state index < -0.39 is 23.9 Å². The molecule has 29 heavy (non-hydrogen) atoms. The van der Waals surface area contributed by atoms with Crippen molar-refractivity contribution in [3.05, 3.63) is 48.2 Å². The van der Waals surface area contributed by atoms with Crippen LogP contribution in [0.3, 0.4) is 0 Å². The number of H-pyrrole nitrogens is 1. The summed E-state index contributed by atoms with van der Waals surface area (Å²) in [6, 6.07) is 10.8. The number of nitrogens with one attached hydrogen (secondary N) is 3. The molecule has 3 heterocycles. The van der Waals surface area contributed by atoms with Gasteiger partial charge in [0.2, 0.25) is 5.91 Å². The molecule has 154 valence electrons. The zero-order chi connectivity index (χ0) is 20.4. The summed E-state index contributed by atoms with van der Waals surface area (Å²) >= 11 is 0. The van der Waals surface area contributed by atoms with Crippen molar-refractivity contribution in [1.29, 1.82) is 0 Å². The van der Waals surface area contributed by atoms with Crippen LogP contribution in [0.25, 0.3) is 0 Å². The number of halogens is 1. The summed E-state index contributed by atoms with van der Waals surface area (Å²) in [4.78, 5) is 26.5. The number of alkyl halides is 1. The Morgan fingerprint density at radius 2 is 2.10 bits per heavy atom. The number of hydrogen-bond acceptors (Lipinski definition) is 6. The van der Waals surface area contributed by atoms with Gasteiger partial charge in [0.25, 0.3) is 0 Å². The predicted octanol–water partition coefficient (Wildman–Crippen LogP) is 0.925. The molecule has 3 N–H and O–H groups in total. The van der Waals surface area contributed by atoms with E-state index in [9.17, 15) is 14.0 Å². The van der Waals surface area contributed by atoms with Crippen LogP contribution in [0.15, 0.2) is 42.6 Å². The van der Waals surface area contributed by atoms with E-state index in [1.54, 1.807) is 24.2 Å². The molecule has 9 nitrogen and oxygen atoms in total. The van der Waals surface area contributed by atoms with E-state index >= 15 is 0 Å². The maximum absolute atomic E-state index is 14.7. The first kappa shape index (κ1) is 19.2. The number of cyclic esters (lactones) is 1. The van der Waals surface area contributed by atoms with Crippen LogP contribution >= 0.6 is 0 Å². The number of ether oxygens (including phenoxy) is 1. The van der Waals surface area contributed by atoms with Crippen LogP contribution in [0.2, 0.25) is 0 Å². The number of carbonyl (C=O) groups excluding carboxylic acids is 2. The second-order valence-corrected chi connectivity index (χ2v) is 7.29. The van der Waals surface area contributed by atoms with E-state index in [1.807, 2.05) is 30.3 Å². The number of nitrogens with zero attached hydrogens (tertiary/aromatic N) is 3. The lowest BCUT2D eigenvalue weighted by molar-refractivity contribution is -0.135. The standard InChI is InChI=1S/C19H23FN6O3/c1-19(13-5-3-2-4-6-13,14-11-21-18(28)29-14)17(27)24-25-9-10-26(15(20)12-25)16-7-8-22-23-16/h2-8,14-15H,9-12H2,1H3,(H,21,28)(H,22,23)(H,24,27). The molecule has 2 aromatic rings. The second kappa shape index (κ2) is 7.70. The Bertz CT molecular complexity index is 864. The van der Waals surface area contributed by atoms with Crippen LogP contribution in [0.1, 0.15) is 12.5 Å². The minimum atomic E-state index is -1.32. The molecular weight excluding hydrogens is 379 g/mol. The summed E-state index contributed by atoms with van der Waals surface area (Å²) in [6.45, 7) is 2.74. The Morgan fingerprint density at radius 3 is 2.72 bits per heavy atom. The van der Waals surface area contributed by atoms with E-state index in [0.29, 0.717) is 24.5 Å². The molecule has 3 atom stereocenters. The molecule has 3 unspecified atom stereocenters. The van der Waals surface area contributed by atoms with Gasteiger partial charge in [-0.3, -0.25) is 15.3 Å². The molecule has 0 bridgehead atoms. The molecule has 2 aliphatic rings. The minimum Gasteiger partial charge on any atom is -0.443 e. The second-order valence-electron chi connectivity index (χ2n) is 7.29. The van der Waals surface area contributed by atoms with Gasteiger partial charge in [0.05, 0.1) is 13.1 Å². The van der Waals surface area contributed by atoms with Gasteiger partial charge in [0, 0.05) is 25.4 Å². The Labute approximate surface area is 167 Å². The molecule has 2 fully saturated rings. The average molecular weight is 402 g/mol. The highest BCUT2D eigenvalue weighted by atomic mass is 19.1. The first-order valence-electron chi connectivity index (χ1n) is 9.45. The van der Waals surface area contributed by atoms with Crippen LogP contribution in [0.5, 0.6) is 0 Å². The third-order valence-corrected chi connectivity index (χ3v) is 5.53. The van der Waals surface area contributed by atoms with Crippen molar-refractivity contribution in [3.63, 3.8) is 0 Å². The zero-order valence-corrected chi connectivity index (χ0v) is 16.0. The van der Waals surface area contributed by atoms with Crippen LogP contribution in [-0.4, -0.2) is 65.8 Å². The van der Waals surface area contributed by atoms with E-state index in [2.05, 4.69) is 20.9 Å². The molecular formula is C19H23FN6O3. The Balaban J connectivity index is 1.49. The van der Waals surface area contributed by atoms with Gasteiger partial charge in [-0.1, -0.05) is 30.3 Å². The molecule has 2 aliphatic heterocycles. The lowest BCUT2D eigenvalue weighted by atomic mass is 9.76. The normalized spacial score (nSPS) is 24.5. The molecule has 1 aromatic heterocycles. The summed E-state index contributed by atoms with van der Waals surface area (Å²) in [5.41, 5.74) is 2.41. The summed E-state index contributed by atoms with van der Waals surface area (Å²) in [7, 11) is 0. The van der Waals surface area contributed by atoms with Gasteiger partial charge in [0.1, 0.15) is 11.5 Å². The molecule has 0 spiro atoms. The van der Waals surface area contributed by atoms with Crippen LogP contribution < -0.4 is 15.6 Å². The Kier molecular flexibility index (Phi) is 5.10. The number of amides is 2. The number of benzene rings is 1. The van der Waals surface area contributed by atoms with Crippen molar-refractivity contribution < 1.29 is 18.7 Å². The zero-order valence-electron chi connectivity index (χ0n) is 16.0. The highest BCUT2D eigenvalue weighted by Gasteiger charge is 2.48. The first-order chi connectivity index (χ1) is 14.0. The monoisotopic (exact) mass is 402 g/mol. The van der Waals surface area contributed by atoms with Gasteiger partial charge in [-0.25, -0.2) is 14.2 Å². The number of hydrogen-bond donors (Lipinski definition) is 3. The van der Waals surface area contributed by atoms with Gasteiger partial charge >= 0.3 is 6.09 Å². The number of aromatic nitrogens is 2. The fraction of sp³-hybridized carbons (Fsp3) is 0.421. The smallest absolute Gasteiger partial charge is 0.407 e. The minimum absolute atomic E-state index is 0.00776. The number of rotatable bonds is 5. The number of hydrazine groups is 1. The summed E-state index contributed by atoms with van der Waals surface area (Å²) in [5, 5.41) is 10.8. The third-order valence-electron chi connectivity index (χ3n) is 5.53. The van der Waals surface area contributed by atoms with Crippen LogP contribution in [0.4, 0.5) is 15.0 Å². The van der Waals surface area contributed by atoms with Crippen molar-refractivity contribution in [2.24, 2.45) is 0 Å². The van der Waals surface area contributed by atoms with Crippen molar-refractivity contribution in [1.82, 2.24) is 25.9 Å². The van der Waals surface area contributed by atoms with Gasteiger partial charge in [0.15, 0.2) is 12.1 Å². The highest BCUT2D eigenvalue weighted by Crippen LogP contribution is 2.32. The number of piperazine rings is 1. The fourth-order valence-corrected chi connectivity index (χ4v) is 3.73. The molecule has 10 heteroatoms. The number of aromatic amines is 1. The first-order valence-corrected chi connectivity index (χ1v) is 9.45. The van der Waals surface area contributed by atoms with Crippen molar-refractivity contribution >= 4 is 17.8 Å². The molecule has 2 amide bonds. The number of carbonyl (C=O) groups is 2. The number of anilines is 1. The quantitative estimate of drug-likeness (QED) is 0.643. The molecule has 0 radical (unpaired) electrons. The van der Waals surface area contributed by atoms with Gasteiger partial charge < -0.3 is 15.0 Å². The maximum atomic E-state index is 14.7. The topological polar surface area (TPSA) is 103 Å². The Morgan fingerprint density at radius 1 is 1.31 bits per heavy atom. The van der Waals surface area contributed by atoms with Crippen molar-refractivity contribution in [3.8, 4) is 0 Å². The van der Waals surface area contributed by atoms with E-state index in [0.717, 1.165) is 0 Å². The Hall–Kier alpha value is -3.14. The third kappa shape index (κ3) is 3.63. The molecule has 2 saturated heterocycles. The molecule has 1 aromatic carbocycles. The van der Waals surface area contributed by atoms with E-state index in [1.165, 1.54) is 4.90 Å². The lowest BCUT2D eigenvalue weighted by Crippen LogP contribution is -2.61. The summed E-state index contributed by atoms with van der Waals surface area (Å²) in [6.07, 6.45) is -0.912. The SMILES string of the molecule is CC(C(=O)NN1CCN(c2cc[nH]n2)C(F)C1)(c1ccccc1)C1CNC(=O)O1. The largest absolute Gasteiger partial charge is 0.443 e. The number of alkyl carbamates (subject to hydrolysis) is 1. The van der Waals surface area contributed by atoms with Crippen LogP contribution in [0, 0.1) is 0 Å². The van der Waals surface area contributed by atoms with Crippen molar-refractivity contribution in [2.45, 2.75) is 24.7 Å². The average Bonchev–Trinajstić information content (AvgIpc) is 3.40. The summed E-state index contributed by atoms with van der Waals surface area (Å²) < 4.78 is 20.0. The van der Waals surface area contributed by atoms with E-state index in [-0.39, 0.29) is 19.0 Å². The lowest BCUT2D eigenvalue weighted by Gasteiger charge is -2.40. The van der Waals surface area contributed by atoms with Gasteiger partial charge in [-0.15, -0.1) is 0 Å². The molecule has 0 aliphatic carbocycles. The maximum Gasteiger partial charge on any atom is 0.407 e.